The first-order valence-corrected chi connectivity index (χ1v) is 14.9. The van der Waals surface area contributed by atoms with Gasteiger partial charge in [0.05, 0.1) is 22.8 Å². The number of nitrogens with zero attached hydrogens (tertiary/aromatic N) is 3. The van der Waals surface area contributed by atoms with Crippen LogP contribution in [0.3, 0.4) is 0 Å². The molecule has 11 heteroatoms. The summed E-state index contributed by atoms with van der Waals surface area (Å²) in [7, 11) is -6.47. The fraction of sp³-hybridized carbons (Fsp3) is 0.269. The summed E-state index contributed by atoms with van der Waals surface area (Å²) in [5.74, 6) is 0.440. The summed E-state index contributed by atoms with van der Waals surface area (Å²) < 4.78 is 64.3. The molecule has 4 rings (SSSR count). The lowest BCUT2D eigenvalue weighted by Gasteiger charge is -2.31. The Kier molecular flexibility index (Phi) is 7.94. The maximum Gasteiger partial charge on any atom is 0.283 e. The molecule has 0 N–H and O–H groups in total. The van der Waals surface area contributed by atoms with E-state index in [1.807, 2.05) is 13.8 Å². The second-order valence-electron chi connectivity index (χ2n) is 8.70. The van der Waals surface area contributed by atoms with E-state index in [9.17, 15) is 16.8 Å². The van der Waals surface area contributed by atoms with E-state index in [0.29, 0.717) is 11.3 Å². The molecule has 0 spiro atoms. The summed E-state index contributed by atoms with van der Waals surface area (Å²) in [5.41, 5.74) is 2.47. The minimum atomic E-state index is -4.08. The van der Waals surface area contributed by atoms with Crippen LogP contribution in [0.2, 0.25) is 0 Å². The number of alkyl halides is 1. The van der Waals surface area contributed by atoms with Crippen LogP contribution in [0.15, 0.2) is 87.0 Å². The van der Waals surface area contributed by atoms with E-state index in [2.05, 4.69) is 4.40 Å². The highest BCUT2D eigenvalue weighted by molar-refractivity contribution is 7.90. The quantitative estimate of drug-likeness (QED) is 0.242. The molecule has 3 aromatic carbocycles. The lowest BCUT2D eigenvalue weighted by atomic mass is 10.1. The standard InChI is InChI=1S/C26H28ClN3O5S2/c1-19-4-12-23(13-5-19)36(31,32)28-25(18-27)29-16-17-30(26(29)21-8-10-22(35-3)11-9-21)37(33,34)24-14-6-20(2)7-15-24/h4-15,26H,16-18H2,1-3H3/t26-/m0/s1. The van der Waals surface area contributed by atoms with E-state index >= 15 is 0 Å². The van der Waals surface area contributed by atoms with Crippen molar-refractivity contribution in [3.8, 4) is 5.75 Å². The largest absolute Gasteiger partial charge is 0.497 e. The van der Waals surface area contributed by atoms with Crippen molar-refractivity contribution in [2.75, 3.05) is 26.1 Å². The fourth-order valence-corrected chi connectivity index (χ4v) is 7.04. The number of hydrogen-bond donors (Lipinski definition) is 0. The van der Waals surface area contributed by atoms with Crippen molar-refractivity contribution >= 4 is 37.5 Å². The van der Waals surface area contributed by atoms with E-state index in [4.69, 9.17) is 16.3 Å². The second-order valence-corrected chi connectivity index (χ2v) is 12.5. The Balaban J connectivity index is 1.80. The number of amidine groups is 1. The molecule has 1 fully saturated rings. The molecule has 0 radical (unpaired) electrons. The van der Waals surface area contributed by atoms with Gasteiger partial charge in [0, 0.05) is 13.1 Å². The molecule has 1 heterocycles. The Labute approximate surface area is 223 Å². The average Bonchev–Trinajstić information content (AvgIpc) is 3.34. The van der Waals surface area contributed by atoms with Gasteiger partial charge >= 0.3 is 0 Å². The number of hydrogen-bond acceptors (Lipinski definition) is 5. The molecule has 0 saturated carbocycles. The van der Waals surface area contributed by atoms with Gasteiger partial charge < -0.3 is 9.64 Å². The molecule has 37 heavy (non-hydrogen) atoms. The van der Waals surface area contributed by atoms with Gasteiger partial charge in [-0.15, -0.1) is 16.0 Å². The molecule has 0 aromatic heterocycles. The van der Waals surface area contributed by atoms with Crippen molar-refractivity contribution in [1.82, 2.24) is 9.21 Å². The smallest absolute Gasteiger partial charge is 0.283 e. The maximum absolute atomic E-state index is 13.7. The average molecular weight is 562 g/mol. The highest BCUT2D eigenvalue weighted by atomic mass is 35.5. The monoisotopic (exact) mass is 561 g/mol. The number of ether oxygens (including phenoxy) is 1. The zero-order chi connectivity index (χ0) is 26.8. The molecule has 0 amide bonds. The summed E-state index contributed by atoms with van der Waals surface area (Å²) in [4.78, 5) is 1.81. The predicted molar refractivity (Wildman–Crippen MR) is 144 cm³/mol. The summed E-state index contributed by atoms with van der Waals surface area (Å²) in [6.45, 7) is 4.06. The van der Waals surface area contributed by atoms with Crippen LogP contribution in [0.1, 0.15) is 22.9 Å². The van der Waals surface area contributed by atoms with Gasteiger partial charge in [-0.05, 0) is 55.8 Å². The van der Waals surface area contributed by atoms with Crippen LogP contribution in [0.5, 0.6) is 5.75 Å². The van der Waals surface area contributed by atoms with Crippen molar-refractivity contribution in [1.29, 1.82) is 0 Å². The Morgan fingerprint density at radius 2 is 1.41 bits per heavy atom. The molecule has 1 aliphatic rings. The molecular weight excluding hydrogens is 534 g/mol. The summed E-state index contributed by atoms with van der Waals surface area (Å²) in [6, 6.07) is 19.9. The maximum atomic E-state index is 13.7. The van der Waals surface area contributed by atoms with Crippen molar-refractivity contribution in [2.45, 2.75) is 29.8 Å². The highest BCUT2D eigenvalue weighted by Crippen LogP contribution is 2.36. The Morgan fingerprint density at radius 3 is 1.92 bits per heavy atom. The van der Waals surface area contributed by atoms with Crippen molar-refractivity contribution in [3.63, 3.8) is 0 Å². The van der Waals surface area contributed by atoms with E-state index in [0.717, 1.165) is 11.1 Å². The third-order valence-electron chi connectivity index (χ3n) is 6.17. The number of methoxy groups -OCH3 is 1. The third-order valence-corrected chi connectivity index (χ3v) is 9.59. The van der Waals surface area contributed by atoms with Gasteiger partial charge in [0.25, 0.3) is 10.0 Å². The first-order chi connectivity index (χ1) is 17.6. The molecule has 1 saturated heterocycles. The molecular formula is C26H28ClN3O5S2. The van der Waals surface area contributed by atoms with Crippen LogP contribution >= 0.6 is 11.6 Å². The summed E-state index contributed by atoms with van der Waals surface area (Å²) in [5, 5.41) is 0. The Hall–Kier alpha value is -2.92. The van der Waals surface area contributed by atoms with E-state index < -0.39 is 26.2 Å². The van der Waals surface area contributed by atoms with Gasteiger partial charge in [0.15, 0.2) is 0 Å². The predicted octanol–water partition coefficient (Wildman–Crippen LogP) is 4.34. The topological polar surface area (TPSA) is 96.3 Å². The minimum Gasteiger partial charge on any atom is -0.497 e. The third kappa shape index (κ3) is 5.67. The van der Waals surface area contributed by atoms with Crippen LogP contribution in [-0.2, 0) is 20.0 Å². The molecule has 1 atom stereocenters. The lowest BCUT2D eigenvalue weighted by Crippen LogP contribution is -2.39. The molecule has 0 bridgehead atoms. The molecule has 3 aromatic rings. The van der Waals surface area contributed by atoms with Crippen LogP contribution in [0, 0.1) is 13.8 Å². The minimum absolute atomic E-state index is 0.0324. The Bertz CT molecular complexity index is 1490. The molecule has 0 unspecified atom stereocenters. The molecule has 196 valence electrons. The van der Waals surface area contributed by atoms with Gasteiger partial charge in [-0.2, -0.15) is 12.7 Å². The van der Waals surface area contributed by atoms with E-state index in [1.165, 1.54) is 16.4 Å². The first-order valence-electron chi connectivity index (χ1n) is 11.5. The van der Waals surface area contributed by atoms with Gasteiger partial charge in [-0.3, -0.25) is 0 Å². The van der Waals surface area contributed by atoms with Gasteiger partial charge in [-0.25, -0.2) is 8.42 Å². The SMILES string of the molecule is COc1ccc([C@H]2N(C(CCl)=NS(=O)(=O)c3ccc(C)cc3)CCN2S(=O)(=O)c2ccc(C)cc2)cc1. The second kappa shape index (κ2) is 10.8. The van der Waals surface area contributed by atoms with Crippen LogP contribution in [0.25, 0.3) is 0 Å². The van der Waals surface area contributed by atoms with Crippen LogP contribution in [-0.4, -0.2) is 58.0 Å². The lowest BCUT2D eigenvalue weighted by molar-refractivity contribution is 0.284. The summed E-state index contributed by atoms with van der Waals surface area (Å²) >= 11 is 6.24. The van der Waals surface area contributed by atoms with E-state index in [1.54, 1.807) is 72.7 Å². The number of sulfonamides is 2. The number of benzene rings is 3. The van der Waals surface area contributed by atoms with Crippen molar-refractivity contribution in [3.05, 3.63) is 89.5 Å². The molecule has 8 nitrogen and oxygen atoms in total. The molecule has 0 aliphatic carbocycles. The van der Waals surface area contributed by atoms with Gasteiger partial charge in [0.2, 0.25) is 10.0 Å². The number of rotatable bonds is 7. The van der Waals surface area contributed by atoms with Crippen molar-refractivity contribution in [2.24, 2.45) is 4.40 Å². The zero-order valence-corrected chi connectivity index (χ0v) is 23.1. The zero-order valence-electron chi connectivity index (χ0n) is 20.7. The van der Waals surface area contributed by atoms with Crippen molar-refractivity contribution < 1.29 is 21.6 Å². The van der Waals surface area contributed by atoms with Crippen LogP contribution in [0.4, 0.5) is 0 Å². The van der Waals surface area contributed by atoms with E-state index in [-0.39, 0.29) is 34.6 Å². The number of aryl methyl sites for hydroxylation is 2. The first kappa shape index (κ1) is 27.1. The molecule has 1 aliphatic heterocycles. The highest BCUT2D eigenvalue weighted by Gasteiger charge is 2.42. The normalized spacial score (nSPS) is 17.2. The Morgan fingerprint density at radius 1 is 0.865 bits per heavy atom. The van der Waals surface area contributed by atoms with Gasteiger partial charge in [0.1, 0.15) is 17.8 Å². The summed E-state index contributed by atoms with van der Waals surface area (Å²) in [6.07, 6.45) is -0.858. The van der Waals surface area contributed by atoms with Gasteiger partial charge in [-0.1, -0.05) is 47.5 Å². The fourth-order valence-electron chi connectivity index (χ4n) is 4.15. The van der Waals surface area contributed by atoms with Crippen LogP contribution < -0.4 is 4.74 Å². The number of halogens is 1.